The second-order valence-corrected chi connectivity index (χ2v) is 7.71. The monoisotopic (exact) mass is 354 g/mol. The minimum absolute atomic E-state index is 0.150. The number of likely N-dealkylation sites (tertiary alicyclic amines) is 1. The number of benzene rings is 1. The van der Waals surface area contributed by atoms with E-state index in [1.54, 1.807) is 6.07 Å². The first-order valence-electron chi connectivity index (χ1n) is 8.00. The molecule has 0 spiro atoms. The Morgan fingerprint density at radius 3 is 2.52 bits per heavy atom. The minimum Gasteiger partial charge on any atom is -0.379 e. The van der Waals surface area contributed by atoms with Crippen molar-refractivity contribution in [2.75, 3.05) is 18.4 Å². The number of fused-ring (bicyclic) bond motifs is 2. The molecule has 2 aliphatic rings. The van der Waals surface area contributed by atoms with Gasteiger partial charge in [-0.05, 0) is 56.7 Å². The lowest BCUT2D eigenvalue weighted by atomic mass is 9.73. The first-order valence-corrected chi connectivity index (χ1v) is 8.79. The largest absolute Gasteiger partial charge is 0.379 e. The fraction of sp³-hybridized carbons (Fsp3) is 0.647. The Morgan fingerprint density at radius 2 is 1.90 bits per heavy atom. The van der Waals surface area contributed by atoms with Gasteiger partial charge >= 0.3 is 0 Å². The van der Waals surface area contributed by atoms with Crippen LogP contribution in [0.1, 0.15) is 33.1 Å². The molecule has 1 aliphatic heterocycles. The molecule has 1 saturated carbocycles. The van der Waals surface area contributed by atoms with Crippen LogP contribution in [0.5, 0.6) is 0 Å². The van der Waals surface area contributed by atoms with Crippen LogP contribution >= 0.6 is 15.9 Å². The maximum absolute atomic E-state index is 14.0. The Labute approximate surface area is 135 Å². The summed E-state index contributed by atoms with van der Waals surface area (Å²) in [4.78, 5) is 2.59. The van der Waals surface area contributed by atoms with Gasteiger partial charge in [-0.15, -0.1) is 0 Å². The lowest BCUT2D eigenvalue weighted by molar-refractivity contribution is 0.0517. The van der Waals surface area contributed by atoms with Crippen molar-refractivity contribution in [2.24, 2.45) is 11.8 Å². The maximum Gasteiger partial charge on any atom is 0.146 e. The molecule has 1 heterocycles. The molecule has 1 N–H and O–H groups in total. The normalized spacial score (nSPS) is 29.7. The van der Waals surface area contributed by atoms with Crippen LogP contribution < -0.4 is 5.32 Å². The standard InChI is InChI=1S/C17H24BrFN2/c1-11(2)21-9-12-4-3-5-13(10-21)17(12)20-16-8-14(18)6-7-15(16)19/h6-8,11-13,17,20H,3-5,9-10H2,1-2H3. The van der Waals surface area contributed by atoms with Crippen molar-refractivity contribution in [3.05, 3.63) is 28.5 Å². The number of nitrogens with one attached hydrogen (secondary N) is 1. The molecule has 2 fully saturated rings. The van der Waals surface area contributed by atoms with Crippen molar-refractivity contribution in [3.63, 3.8) is 0 Å². The van der Waals surface area contributed by atoms with Gasteiger partial charge in [0, 0.05) is 29.6 Å². The van der Waals surface area contributed by atoms with E-state index in [2.05, 4.69) is 40.0 Å². The molecule has 4 heteroatoms. The van der Waals surface area contributed by atoms with Gasteiger partial charge in [0.1, 0.15) is 5.82 Å². The fourth-order valence-electron chi connectivity index (χ4n) is 3.92. The molecule has 2 atom stereocenters. The summed E-state index contributed by atoms with van der Waals surface area (Å²) in [6.07, 6.45) is 3.83. The second-order valence-electron chi connectivity index (χ2n) is 6.79. The summed E-state index contributed by atoms with van der Waals surface area (Å²) in [6.45, 7) is 6.83. The number of hydrogen-bond acceptors (Lipinski definition) is 2. The Balaban J connectivity index is 1.78. The second kappa shape index (κ2) is 6.25. The van der Waals surface area contributed by atoms with Crippen LogP contribution in [0.2, 0.25) is 0 Å². The third kappa shape index (κ3) is 3.26. The third-order valence-electron chi connectivity index (χ3n) is 5.08. The summed E-state index contributed by atoms with van der Waals surface area (Å²) in [5, 5.41) is 3.52. The van der Waals surface area contributed by atoms with E-state index in [1.165, 1.54) is 25.3 Å². The predicted molar refractivity (Wildman–Crippen MR) is 89.1 cm³/mol. The summed E-state index contributed by atoms with van der Waals surface area (Å²) in [5.74, 6) is 1.12. The average molecular weight is 355 g/mol. The van der Waals surface area contributed by atoms with Gasteiger partial charge in [0.25, 0.3) is 0 Å². The quantitative estimate of drug-likeness (QED) is 0.858. The van der Waals surface area contributed by atoms with Crippen LogP contribution in [0.4, 0.5) is 10.1 Å². The van der Waals surface area contributed by atoms with E-state index in [4.69, 9.17) is 0 Å². The van der Waals surface area contributed by atoms with Gasteiger partial charge in [-0.25, -0.2) is 4.39 Å². The molecule has 2 nitrogen and oxygen atoms in total. The molecule has 116 valence electrons. The zero-order valence-corrected chi connectivity index (χ0v) is 14.4. The summed E-state index contributed by atoms with van der Waals surface area (Å²) in [6, 6.07) is 6.17. The molecule has 2 unspecified atom stereocenters. The molecule has 0 amide bonds. The van der Waals surface area contributed by atoms with Gasteiger partial charge in [0.05, 0.1) is 5.69 Å². The molecule has 1 saturated heterocycles. The Kier molecular flexibility index (Phi) is 4.55. The molecule has 21 heavy (non-hydrogen) atoms. The molecular weight excluding hydrogens is 331 g/mol. The van der Waals surface area contributed by atoms with E-state index in [9.17, 15) is 4.39 Å². The highest BCUT2D eigenvalue weighted by Crippen LogP contribution is 2.38. The highest BCUT2D eigenvalue weighted by molar-refractivity contribution is 9.10. The van der Waals surface area contributed by atoms with Gasteiger partial charge < -0.3 is 10.2 Å². The number of nitrogens with zero attached hydrogens (tertiary/aromatic N) is 1. The molecule has 3 rings (SSSR count). The molecule has 1 aromatic carbocycles. The zero-order valence-electron chi connectivity index (χ0n) is 12.8. The Morgan fingerprint density at radius 1 is 1.24 bits per heavy atom. The van der Waals surface area contributed by atoms with Crippen molar-refractivity contribution in [1.82, 2.24) is 4.90 Å². The van der Waals surface area contributed by atoms with E-state index < -0.39 is 0 Å². The highest BCUT2D eigenvalue weighted by Gasteiger charge is 2.40. The van der Waals surface area contributed by atoms with Crippen molar-refractivity contribution in [3.8, 4) is 0 Å². The molecule has 1 aromatic rings. The van der Waals surface area contributed by atoms with Crippen LogP contribution in [0.15, 0.2) is 22.7 Å². The van der Waals surface area contributed by atoms with Crippen molar-refractivity contribution >= 4 is 21.6 Å². The van der Waals surface area contributed by atoms with Crippen LogP contribution in [0, 0.1) is 17.7 Å². The fourth-order valence-corrected chi connectivity index (χ4v) is 4.28. The summed E-state index contributed by atoms with van der Waals surface area (Å²) in [7, 11) is 0. The number of hydrogen-bond donors (Lipinski definition) is 1. The Hall–Kier alpha value is -0.610. The van der Waals surface area contributed by atoms with Crippen LogP contribution in [-0.2, 0) is 0 Å². The van der Waals surface area contributed by atoms with Crippen molar-refractivity contribution < 1.29 is 4.39 Å². The van der Waals surface area contributed by atoms with Crippen LogP contribution in [-0.4, -0.2) is 30.1 Å². The molecule has 0 aromatic heterocycles. The maximum atomic E-state index is 14.0. The number of halogens is 2. The first kappa shape index (κ1) is 15.3. The predicted octanol–water partition coefficient (Wildman–Crippen LogP) is 4.51. The van der Waals surface area contributed by atoms with E-state index in [1.807, 2.05) is 6.07 Å². The SMILES string of the molecule is CC(C)N1CC2CCCC(C1)C2Nc1cc(Br)ccc1F. The highest BCUT2D eigenvalue weighted by atomic mass is 79.9. The minimum atomic E-state index is -0.150. The third-order valence-corrected chi connectivity index (χ3v) is 5.58. The van der Waals surface area contributed by atoms with Gasteiger partial charge in [0.2, 0.25) is 0 Å². The number of piperidine rings is 1. The van der Waals surface area contributed by atoms with E-state index >= 15 is 0 Å². The van der Waals surface area contributed by atoms with Gasteiger partial charge in [-0.1, -0.05) is 22.4 Å². The smallest absolute Gasteiger partial charge is 0.146 e. The van der Waals surface area contributed by atoms with Gasteiger partial charge in [-0.2, -0.15) is 0 Å². The molecular formula is C17H24BrFN2. The van der Waals surface area contributed by atoms with E-state index in [0.29, 0.717) is 29.6 Å². The summed E-state index contributed by atoms with van der Waals surface area (Å²) < 4.78 is 14.9. The lowest BCUT2D eigenvalue weighted by Crippen LogP contribution is -2.56. The van der Waals surface area contributed by atoms with Gasteiger partial charge in [-0.3, -0.25) is 0 Å². The average Bonchev–Trinajstić information content (AvgIpc) is 2.42. The number of rotatable bonds is 3. The lowest BCUT2D eigenvalue weighted by Gasteiger charge is -2.49. The summed E-state index contributed by atoms with van der Waals surface area (Å²) in [5.41, 5.74) is 0.643. The molecule has 1 aliphatic carbocycles. The van der Waals surface area contributed by atoms with Gasteiger partial charge in [0.15, 0.2) is 0 Å². The van der Waals surface area contributed by atoms with Crippen molar-refractivity contribution in [2.45, 2.75) is 45.2 Å². The van der Waals surface area contributed by atoms with Crippen molar-refractivity contribution in [1.29, 1.82) is 0 Å². The topological polar surface area (TPSA) is 15.3 Å². The first-order chi connectivity index (χ1) is 10.0. The number of anilines is 1. The Bertz CT molecular complexity index is 492. The zero-order chi connectivity index (χ0) is 15.0. The van der Waals surface area contributed by atoms with Crippen LogP contribution in [0.3, 0.4) is 0 Å². The van der Waals surface area contributed by atoms with E-state index in [0.717, 1.165) is 17.6 Å². The summed E-state index contributed by atoms with van der Waals surface area (Å²) >= 11 is 3.44. The molecule has 0 radical (unpaired) electrons. The van der Waals surface area contributed by atoms with E-state index in [-0.39, 0.29) is 5.82 Å². The molecule has 2 bridgehead atoms. The van der Waals surface area contributed by atoms with Crippen LogP contribution in [0.25, 0.3) is 0 Å².